The van der Waals surface area contributed by atoms with Crippen LogP contribution in [0.5, 0.6) is 0 Å². The van der Waals surface area contributed by atoms with E-state index in [0.717, 1.165) is 19.3 Å². The summed E-state index contributed by atoms with van der Waals surface area (Å²) >= 11 is 0. The average molecular weight is 162 g/mol. The summed E-state index contributed by atoms with van der Waals surface area (Å²) in [5.41, 5.74) is 0. The lowest BCUT2D eigenvalue weighted by Crippen LogP contribution is -1.64. The van der Waals surface area contributed by atoms with E-state index in [1.54, 1.807) is 0 Å². The van der Waals surface area contributed by atoms with Gasteiger partial charge in [-0.3, -0.25) is 0 Å². The fourth-order valence-electron chi connectivity index (χ4n) is 0.789. The first-order chi connectivity index (χ1) is 5.91. The number of unbranched alkanes of at least 4 members (excludes halogenated alkanes) is 1. The maximum atomic E-state index is 3.64. The summed E-state index contributed by atoms with van der Waals surface area (Å²) in [5.74, 6) is 0. The maximum absolute atomic E-state index is 3.64. The van der Waals surface area contributed by atoms with Gasteiger partial charge in [0.2, 0.25) is 0 Å². The van der Waals surface area contributed by atoms with Gasteiger partial charge in [0.15, 0.2) is 0 Å². The van der Waals surface area contributed by atoms with Crippen LogP contribution in [0.4, 0.5) is 0 Å². The third-order valence-electron chi connectivity index (χ3n) is 1.41. The van der Waals surface area contributed by atoms with Crippen LogP contribution < -0.4 is 0 Å². The highest BCUT2D eigenvalue weighted by Crippen LogP contribution is 1.94. The Morgan fingerprint density at radius 1 is 1.00 bits per heavy atom. The fraction of sp³-hybridized carbons (Fsp3) is 0.333. The molecule has 0 aromatic heterocycles. The number of rotatable bonds is 6. The quantitative estimate of drug-likeness (QED) is 0.314. The third-order valence-corrected chi connectivity index (χ3v) is 1.41. The fourth-order valence-corrected chi connectivity index (χ4v) is 0.789. The molecule has 0 aromatic carbocycles. The Bertz CT molecular complexity index is 170. The van der Waals surface area contributed by atoms with E-state index in [0.29, 0.717) is 0 Å². The van der Waals surface area contributed by atoms with Gasteiger partial charge in [-0.1, -0.05) is 42.5 Å². The molecule has 0 saturated heterocycles. The molecular formula is C12H18. The summed E-state index contributed by atoms with van der Waals surface area (Å²) in [5, 5.41) is 0. The molecule has 0 radical (unpaired) electrons. The van der Waals surface area contributed by atoms with E-state index < -0.39 is 0 Å². The van der Waals surface area contributed by atoms with Crippen LogP contribution >= 0.6 is 0 Å². The second kappa shape index (κ2) is 9.96. The van der Waals surface area contributed by atoms with Crippen molar-refractivity contribution in [3.05, 3.63) is 49.1 Å². The molecule has 0 unspecified atom stereocenters. The lowest BCUT2D eigenvalue weighted by Gasteiger charge is -1.84. The molecule has 0 aromatic rings. The van der Waals surface area contributed by atoms with Crippen LogP contribution in [-0.4, -0.2) is 0 Å². The van der Waals surface area contributed by atoms with Crippen LogP contribution in [0, 0.1) is 0 Å². The first kappa shape index (κ1) is 11.0. The molecule has 0 heteroatoms. The van der Waals surface area contributed by atoms with E-state index in [9.17, 15) is 0 Å². The van der Waals surface area contributed by atoms with Crippen molar-refractivity contribution < 1.29 is 0 Å². The largest absolute Gasteiger partial charge is 0.103 e. The van der Waals surface area contributed by atoms with E-state index in [4.69, 9.17) is 0 Å². The van der Waals surface area contributed by atoms with Gasteiger partial charge >= 0.3 is 0 Å². The van der Waals surface area contributed by atoms with E-state index in [-0.39, 0.29) is 0 Å². The van der Waals surface area contributed by atoms with Crippen molar-refractivity contribution in [2.24, 2.45) is 0 Å². The van der Waals surface area contributed by atoms with Gasteiger partial charge in [0.05, 0.1) is 0 Å². The lowest BCUT2D eigenvalue weighted by atomic mass is 10.2. The molecule has 0 aliphatic carbocycles. The summed E-state index contributed by atoms with van der Waals surface area (Å²) in [7, 11) is 0. The Labute approximate surface area is 76.0 Å². The third kappa shape index (κ3) is 8.96. The molecule has 0 atom stereocenters. The van der Waals surface area contributed by atoms with Crippen LogP contribution in [0.1, 0.15) is 26.2 Å². The van der Waals surface area contributed by atoms with Crippen LogP contribution in [0.25, 0.3) is 0 Å². The first-order valence-corrected chi connectivity index (χ1v) is 4.45. The zero-order chi connectivity index (χ0) is 9.07. The van der Waals surface area contributed by atoms with Crippen molar-refractivity contribution in [2.75, 3.05) is 0 Å². The molecule has 12 heavy (non-hydrogen) atoms. The monoisotopic (exact) mass is 162 g/mol. The molecule has 0 rings (SSSR count). The standard InChI is InChI=1S/C12H18/c1-3-5-7-9-11-12-10-8-6-4-2/h3-4,6-10H,1,5,11-12H2,2H3. The molecule has 0 aliphatic rings. The minimum Gasteiger partial charge on any atom is -0.103 e. The second-order valence-corrected chi connectivity index (χ2v) is 2.53. The van der Waals surface area contributed by atoms with Crippen molar-refractivity contribution in [3.63, 3.8) is 0 Å². The van der Waals surface area contributed by atoms with E-state index in [2.05, 4.69) is 30.9 Å². The molecule has 0 bridgehead atoms. The Kier molecular flexibility index (Phi) is 9.10. The molecule has 0 fully saturated rings. The van der Waals surface area contributed by atoms with Crippen molar-refractivity contribution in [1.29, 1.82) is 0 Å². The van der Waals surface area contributed by atoms with Crippen molar-refractivity contribution in [3.8, 4) is 0 Å². The van der Waals surface area contributed by atoms with Gasteiger partial charge in [-0.2, -0.15) is 0 Å². The zero-order valence-electron chi connectivity index (χ0n) is 7.87. The normalized spacial score (nSPS) is 12.1. The van der Waals surface area contributed by atoms with Crippen molar-refractivity contribution in [1.82, 2.24) is 0 Å². The Hall–Kier alpha value is -1.04. The highest BCUT2D eigenvalue weighted by Gasteiger charge is 1.74. The summed E-state index contributed by atoms with van der Waals surface area (Å²) in [4.78, 5) is 0. The van der Waals surface area contributed by atoms with Crippen LogP contribution in [0.3, 0.4) is 0 Å². The molecule has 0 amide bonds. The summed E-state index contributed by atoms with van der Waals surface area (Å²) in [6.45, 7) is 5.67. The molecule has 66 valence electrons. The first-order valence-electron chi connectivity index (χ1n) is 4.45. The molecule has 0 heterocycles. The molecule has 0 saturated carbocycles. The maximum Gasteiger partial charge on any atom is -0.0172 e. The van der Waals surface area contributed by atoms with Gasteiger partial charge < -0.3 is 0 Å². The molecular weight excluding hydrogens is 144 g/mol. The lowest BCUT2D eigenvalue weighted by molar-refractivity contribution is 1.04. The van der Waals surface area contributed by atoms with Gasteiger partial charge in [-0.25, -0.2) is 0 Å². The van der Waals surface area contributed by atoms with Crippen molar-refractivity contribution in [2.45, 2.75) is 26.2 Å². The SMILES string of the molecule is C=CCC=CCCC=CC=CC. The number of hydrogen-bond donors (Lipinski definition) is 0. The van der Waals surface area contributed by atoms with Crippen LogP contribution in [0.15, 0.2) is 49.1 Å². The highest BCUT2D eigenvalue weighted by molar-refractivity contribution is 5.01. The smallest absolute Gasteiger partial charge is 0.0172 e. The van der Waals surface area contributed by atoms with Crippen LogP contribution in [0.2, 0.25) is 0 Å². The Morgan fingerprint density at radius 2 is 1.75 bits per heavy atom. The predicted molar refractivity (Wildman–Crippen MR) is 57.1 cm³/mol. The van der Waals surface area contributed by atoms with Gasteiger partial charge in [-0.15, -0.1) is 6.58 Å². The highest BCUT2D eigenvalue weighted by atomic mass is 13.8. The van der Waals surface area contributed by atoms with E-state index >= 15 is 0 Å². The van der Waals surface area contributed by atoms with Gasteiger partial charge in [0, 0.05) is 0 Å². The Morgan fingerprint density at radius 3 is 2.42 bits per heavy atom. The number of hydrogen-bond acceptors (Lipinski definition) is 0. The molecule has 0 spiro atoms. The minimum atomic E-state index is 0.985. The predicted octanol–water partition coefficient (Wildman–Crippen LogP) is 4.03. The number of allylic oxidation sites excluding steroid dienone is 7. The molecule has 0 aliphatic heterocycles. The summed E-state index contributed by atoms with van der Waals surface area (Å²) in [6, 6.07) is 0. The zero-order valence-corrected chi connectivity index (χ0v) is 7.87. The minimum absolute atomic E-state index is 0.985. The van der Waals surface area contributed by atoms with Gasteiger partial charge in [0.1, 0.15) is 0 Å². The van der Waals surface area contributed by atoms with Gasteiger partial charge in [-0.05, 0) is 26.2 Å². The Balaban J connectivity index is 3.25. The second-order valence-electron chi connectivity index (χ2n) is 2.53. The van der Waals surface area contributed by atoms with Crippen LogP contribution in [-0.2, 0) is 0 Å². The summed E-state index contributed by atoms with van der Waals surface area (Å²) in [6.07, 6.45) is 17.8. The molecule has 0 N–H and O–H groups in total. The van der Waals surface area contributed by atoms with E-state index in [1.807, 2.05) is 25.2 Å². The van der Waals surface area contributed by atoms with E-state index in [1.165, 1.54) is 0 Å². The average Bonchev–Trinajstić information content (AvgIpc) is 2.10. The molecule has 0 nitrogen and oxygen atoms in total. The summed E-state index contributed by atoms with van der Waals surface area (Å²) < 4.78 is 0. The van der Waals surface area contributed by atoms with Gasteiger partial charge in [0.25, 0.3) is 0 Å². The van der Waals surface area contributed by atoms with Crippen molar-refractivity contribution >= 4 is 0 Å². The topological polar surface area (TPSA) is 0 Å².